The van der Waals surface area contributed by atoms with Crippen LogP contribution in [-0.2, 0) is 18.0 Å². The molecule has 0 aliphatic rings. The summed E-state index contributed by atoms with van der Waals surface area (Å²) in [6, 6.07) is 9.54. The molecule has 0 radical (unpaired) electrons. The van der Waals surface area contributed by atoms with Crippen molar-refractivity contribution in [1.82, 2.24) is 0 Å². The maximum absolute atomic E-state index is 5.57. The fourth-order valence-corrected chi connectivity index (χ4v) is 1.81. The van der Waals surface area contributed by atoms with Crippen molar-refractivity contribution in [3.8, 4) is 5.75 Å². The number of hydrogen-bond donors (Lipinski definition) is 0. The molecule has 0 unspecified atom stereocenters. The zero-order valence-electron chi connectivity index (χ0n) is 9.48. The number of rotatable bonds is 5. The molecule has 17 heavy (non-hydrogen) atoms. The molecular formula is C13H13BrO3. The van der Waals surface area contributed by atoms with Crippen molar-refractivity contribution in [2.45, 2.75) is 13.2 Å². The number of halogens is 1. The second kappa shape index (κ2) is 5.89. The number of hydrogen-bond acceptors (Lipinski definition) is 3. The van der Waals surface area contributed by atoms with E-state index in [0.717, 1.165) is 21.5 Å². The van der Waals surface area contributed by atoms with Gasteiger partial charge in [-0.2, -0.15) is 0 Å². The van der Waals surface area contributed by atoms with Gasteiger partial charge < -0.3 is 13.9 Å². The number of benzene rings is 1. The van der Waals surface area contributed by atoms with Crippen LogP contribution in [0.3, 0.4) is 0 Å². The van der Waals surface area contributed by atoms with Gasteiger partial charge >= 0.3 is 0 Å². The zero-order chi connectivity index (χ0) is 12.1. The van der Waals surface area contributed by atoms with E-state index in [9.17, 15) is 0 Å². The normalized spacial score (nSPS) is 10.5. The van der Waals surface area contributed by atoms with Gasteiger partial charge in [0.05, 0.1) is 20.0 Å². The second-order valence-electron chi connectivity index (χ2n) is 3.53. The minimum absolute atomic E-state index is 0.469. The molecule has 1 heterocycles. The van der Waals surface area contributed by atoms with E-state index in [1.807, 2.05) is 30.3 Å². The Morgan fingerprint density at radius 1 is 1.24 bits per heavy atom. The van der Waals surface area contributed by atoms with E-state index in [0.29, 0.717) is 13.2 Å². The molecule has 0 atom stereocenters. The van der Waals surface area contributed by atoms with E-state index in [4.69, 9.17) is 13.9 Å². The van der Waals surface area contributed by atoms with Crippen LogP contribution in [0, 0.1) is 0 Å². The summed E-state index contributed by atoms with van der Waals surface area (Å²) in [4.78, 5) is 0. The lowest BCUT2D eigenvalue weighted by molar-refractivity contribution is 0.0924. The molecule has 1 aromatic heterocycles. The molecule has 90 valence electrons. The molecule has 0 saturated carbocycles. The molecule has 0 amide bonds. The monoisotopic (exact) mass is 296 g/mol. The van der Waals surface area contributed by atoms with Crippen LogP contribution >= 0.6 is 15.9 Å². The fraction of sp³-hybridized carbons (Fsp3) is 0.231. The minimum atomic E-state index is 0.469. The van der Waals surface area contributed by atoms with Crippen LogP contribution in [0.15, 0.2) is 45.5 Å². The van der Waals surface area contributed by atoms with Crippen LogP contribution in [0.4, 0.5) is 0 Å². The quantitative estimate of drug-likeness (QED) is 0.842. The highest BCUT2D eigenvalue weighted by atomic mass is 79.9. The van der Waals surface area contributed by atoms with Gasteiger partial charge in [-0.1, -0.05) is 15.9 Å². The molecule has 1 aromatic carbocycles. The van der Waals surface area contributed by atoms with Crippen molar-refractivity contribution in [3.63, 3.8) is 0 Å². The van der Waals surface area contributed by atoms with Gasteiger partial charge in [0.15, 0.2) is 0 Å². The lowest BCUT2D eigenvalue weighted by Crippen LogP contribution is -1.95. The summed E-state index contributed by atoms with van der Waals surface area (Å²) in [5.74, 6) is 1.65. The molecule has 0 aliphatic carbocycles. The lowest BCUT2D eigenvalue weighted by Gasteiger charge is -2.07. The van der Waals surface area contributed by atoms with E-state index in [1.54, 1.807) is 13.4 Å². The average molecular weight is 297 g/mol. The van der Waals surface area contributed by atoms with Crippen LogP contribution < -0.4 is 4.74 Å². The first-order chi connectivity index (χ1) is 8.29. The van der Waals surface area contributed by atoms with Crippen molar-refractivity contribution in [2.24, 2.45) is 0 Å². The Kier molecular flexibility index (Phi) is 4.23. The maximum Gasteiger partial charge on any atom is 0.129 e. The molecule has 0 N–H and O–H groups in total. The van der Waals surface area contributed by atoms with Gasteiger partial charge in [0, 0.05) is 4.47 Å². The molecular weight excluding hydrogens is 284 g/mol. The topological polar surface area (TPSA) is 31.6 Å². The second-order valence-corrected chi connectivity index (χ2v) is 4.38. The van der Waals surface area contributed by atoms with E-state index >= 15 is 0 Å². The summed E-state index contributed by atoms with van der Waals surface area (Å²) < 4.78 is 16.9. The molecule has 0 aliphatic heterocycles. The van der Waals surface area contributed by atoms with Crippen molar-refractivity contribution in [3.05, 3.63) is 52.4 Å². The Bertz CT molecular complexity index is 466. The third kappa shape index (κ3) is 3.35. The molecule has 4 heteroatoms. The van der Waals surface area contributed by atoms with Crippen LogP contribution in [0.1, 0.15) is 11.3 Å². The number of furan rings is 1. The highest BCUT2D eigenvalue weighted by Gasteiger charge is 2.03. The predicted molar refractivity (Wildman–Crippen MR) is 67.9 cm³/mol. The van der Waals surface area contributed by atoms with Gasteiger partial charge in [-0.3, -0.25) is 0 Å². The van der Waals surface area contributed by atoms with Crippen molar-refractivity contribution in [2.75, 3.05) is 7.11 Å². The van der Waals surface area contributed by atoms with Crippen LogP contribution in [0.2, 0.25) is 0 Å². The fourth-order valence-electron chi connectivity index (χ4n) is 1.44. The lowest BCUT2D eigenvalue weighted by atomic mass is 10.2. The van der Waals surface area contributed by atoms with E-state index in [-0.39, 0.29) is 0 Å². The van der Waals surface area contributed by atoms with Gasteiger partial charge in [-0.15, -0.1) is 0 Å². The molecule has 2 rings (SSSR count). The Labute approximate surface area is 108 Å². The van der Waals surface area contributed by atoms with Crippen LogP contribution in [-0.4, -0.2) is 7.11 Å². The summed E-state index contributed by atoms with van der Waals surface area (Å²) in [6.07, 6.45) is 1.64. The predicted octanol–water partition coefficient (Wildman–Crippen LogP) is 3.77. The SMILES string of the molecule is COc1ccc(Br)c(COCc2ccco2)c1. The Balaban J connectivity index is 1.94. The molecule has 0 spiro atoms. The standard InChI is InChI=1S/C13H13BrO3/c1-15-11-4-5-13(14)10(7-11)8-16-9-12-3-2-6-17-12/h2-7H,8-9H2,1H3. The first-order valence-corrected chi connectivity index (χ1v) is 6.01. The van der Waals surface area contributed by atoms with Gasteiger partial charge in [0.1, 0.15) is 18.1 Å². The van der Waals surface area contributed by atoms with Crippen molar-refractivity contribution in [1.29, 1.82) is 0 Å². The molecule has 0 bridgehead atoms. The zero-order valence-corrected chi connectivity index (χ0v) is 11.1. The first kappa shape index (κ1) is 12.2. The van der Waals surface area contributed by atoms with E-state index < -0.39 is 0 Å². The summed E-state index contributed by atoms with van der Waals surface area (Å²) in [5, 5.41) is 0. The third-order valence-corrected chi connectivity index (χ3v) is 3.11. The van der Waals surface area contributed by atoms with Crippen LogP contribution in [0.5, 0.6) is 5.75 Å². The van der Waals surface area contributed by atoms with E-state index in [2.05, 4.69) is 15.9 Å². The average Bonchev–Trinajstić information content (AvgIpc) is 2.84. The summed E-state index contributed by atoms with van der Waals surface area (Å²) in [6.45, 7) is 0.981. The van der Waals surface area contributed by atoms with Gasteiger partial charge in [-0.25, -0.2) is 0 Å². The Morgan fingerprint density at radius 3 is 2.82 bits per heavy atom. The molecule has 0 saturated heterocycles. The first-order valence-electron chi connectivity index (χ1n) is 5.22. The molecule has 3 nitrogen and oxygen atoms in total. The van der Waals surface area contributed by atoms with Gasteiger partial charge in [-0.05, 0) is 35.9 Å². The summed E-state index contributed by atoms with van der Waals surface area (Å²) in [7, 11) is 1.65. The molecule has 2 aromatic rings. The maximum atomic E-state index is 5.57. The van der Waals surface area contributed by atoms with Gasteiger partial charge in [0.2, 0.25) is 0 Å². The third-order valence-electron chi connectivity index (χ3n) is 2.33. The summed E-state index contributed by atoms with van der Waals surface area (Å²) >= 11 is 3.48. The Morgan fingerprint density at radius 2 is 2.12 bits per heavy atom. The van der Waals surface area contributed by atoms with Crippen molar-refractivity contribution < 1.29 is 13.9 Å². The smallest absolute Gasteiger partial charge is 0.129 e. The Hall–Kier alpha value is -1.26. The van der Waals surface area contributed by atoms with E-state index in [1.165, 1.54) is 0 Å². The molecule has 0 fully saturated rings. The highest BCUT2D eigenvalue weighted by Crippen LogP contribution is 2.23. The number of methoxy groups -OCH3 is 1. The number of ether oxygens (including phenoxy) is 2. The largest absolute Gasteiger partial charge is 0.497 e. The van der Waals surface area contributed by atoms with Crippen molar-refractivity contribution >= 4 is 15.9 Å². The summed E-state index contributed by atoms with van der Waals surface area (Å²) in [5.41, 5.74) is 1.05. The minimum Gasteiger partial charge on any atom is -0.497 e. The van der Waals surface area contributed by atoms with Crippen LogP contribution in [0.25, 0.3) is 0 Å². The highest BCUT2D eigenvalue weighted by molar-refractivity contribution is 9.10. The van der Waals surface area contributed by atoms with Gasteiger partial charge in [0.25, 0.3) is 0 Å².